The fraction of sp³-hybridized carbons (Fsp3) is 0.462. The van der Waals surface area contributed by atoms with E-state index in [1.165, 1.54) is 24.8 Å². The van der Waals surface area contributed by atoms with Crippen LogP contribution in [-0.2, 0) is 0 Å². The van der Waals surface area contributed by atoms with Gasteiger partial charge in [0.1, 0.15) is 4.99 Å². The summed E-state index contributed by atoms with van der Waals surface area (Å²) in [5.74, 6) is 0.950. The summed E-state index contributed by atoms with van der Waals surface area (Å²) in [4.78, 5) is 0.467. The maximum atomic E-state index is 5.70. The van der Waals surface area contributed by atoms with Crippen molar-refractivity contribution in [2.45, 2.75) is 26.2 Å². The lowest BCUT2D eigenvalue weighted by molar-refractivity contribution is 0.760. The van der Waals surface area contributed by atoms with E-state index >= 15 is 0 Å². The van der Waals surface area contributed by atoms with Crippen molar-refractivity contribution in [2.75, 3.05) is 11.9 Å². The average Bonchev–Trinajstić information content (AvgIpc) is 3.01. The highest BCUT2D eigenvalue weighted by Gasteiger charge is 2.20. The Kier molecular flexibility index (Phi) is 3.44. The Morgan fingerprint density at radius 1 is 1.50 bits per heavy atom. The first-order chi connectivity index (χ1) is 7.66. The zero-order valence-corrected chi connectivity index (χ0v) is 10.4. The molecule has 1 fully saturated rings. The summed E-state index contributed by atoms with van der Waals surface area (Å²) < 4.78 is 0. The van der Waals surface area contributed by atoms with Gasteiger partial charge >= 0.3 is 0 Å². The van der Waals surface area contributed by atoms with Crippen LogP contribution in [0, 0.1) is 12.8 Å². The van der Waals surface area contributed by atoms with Crippen molar-refractivity contribution in [3.05, 3.63) is 29.3 Å². The molecule has 86 valence electrons. The van der Waals surface area contributed by atoms with Gasteiger partial charge in [-0.2, -0.15) is 0 Å². The second kappa shape index (κ2) is 4.83. The molecular weight excluding hydrogens is 216 g/mol. The predicted octanol–water partition coefficient (Wildman–Crippen LogP) is 2.84. The monoisotopic (exact) mass is 234 g/mol. The molecular formula is C13H18N2S. The van der Waals surface area contributed by atoms with Crippen LogP contribution in [-0.4, -0.2) is 11.5 Å². The summed E-state index contributed by atoms with van der Waals surface area (Å²) in [6.45, 7) is 3.10. The minimum absolute atomic E-state index is 0.467. The standard InChI is InChI=1S/C13H18N2S/c1-9-2-5-11(13(14)16)12(8-9)15-7-6-10-3-4-10/h2,5,8,10,15H,3-4,6-7H2,1H3,(H2,14,16). The number of anilines is 1. The van der Waals surface area contributed by atoms with Crippen LogP contribution < -0.4 is 11.1 Å². The maximum absolute atomic E-state index is 5.70. The normalized spacial score (nSPS) is 14.8. The van der Waals surface area contributed by atoms with Crippen LogP contribution in [0.15, 0.2) is 18.2 Å². The molecule has 1 aromatic rings. The maximum Gasteiger partial charge on any atom is 0.106 e. The van der Waals surface area contributed by atoms with Gasteiger partial charge in [0.25, 0.3) is 0 Å². The topological polar surface area (TPSA) is 38.0 Å². The first-order valence-corrected chi connectivity index (χ1v) is 6.22. The van der Waals surface area contributed by atoms with E-state index in [0.717, 1.165) is 23.7 Å². The van der Waals surface area contributed by atoms with E-state index in [9.17, 15) is 0 Å². The van der Waals surface area contributed by atoms with E-state index in [0.29, 0.717) is 4.99 Å². The summed E-state index contributed by atoms with van der Waals surface area (Å²) in [6.07, 6.45) is 4.06. The highest BCUT2D eigenvalue weighted by atomic mass is 32.1. The molecule has 0 amide bonds. The van der Waals surface area contributed by atoms with Gasteiger partial charge in [0.05, 0.1) is 0 Å². The molecule has 3 N–H and O–H groups in total. The number of nitrogens with two attached hydrogens (primary N) is 1. The summed E-state index contributed by atoms with van der Waals surface area (Å²) in [7, 11) is 0. The molecule has 0 unspecified atom stereocenters. The van der Waals surface area contributed by atoms with Gasteiger partial charge in [-0.25, -0.2) is 0 Å². The van der Waals surface area contributed by atoms with Gasteiger partial charge in [-0.1, -0.05) is 31.1 Å². The number of hydrogen-bond acceptors (Lipinski definition) is 2. The second-order valence-electron chi connectivity index (χ2n) is 4.57. The third kappa shape index (κ3) is 2.95. The molecule has 0 heterocycles. The Balaban J connectivity index is 2.03. The van der Waals surface area contributed by atoms with Gasteiger partial charge < -0.3 is 11.1 Å². The van der Waals surface area contributed by atoms with Gasteiger partial charge in [-0.05, 0) is 37.0 Å². The zero-order chi connectivity index (χ0) is 11.5. The highest BCUT2D eigenvalue weighted by molar-refractivity contribution is 7.80. The first kappa shape index (κ1) is 11.4. The summed E-state index contributed by atoms with van der Waals surface area (Å²) in [5, 5.41) is 3.44. The van der Waals surface area contributed by atoms with Crippen LogP contribution in [0.5, 0.6) is 0 Å². The zero-order valence-electron chi connectivity index (χ0n) is 9.62. The molecule has 0 bridgehead atoms. The molecule has 3 heteroatoms. The van der Waals surface area contributed by atoms with Crippen molar-refractivity contribution in [2.24, 2.45) is 11.7 Å². The molecule has 2 nitrogen and oxygen atoms in total. The van der Waals surface area contributed by atoms with Gasteiger partial charge in [-0.3, -0.25) is 0 Å². The third-order valence-corrected chi connectivity index (χ3v) is 3.23. The van der Waals surface area contributed by atoms with Crippen molar-refractivity contribution in [3.8, 4) is 0 Å². The van der Waals surface area contributed by atoms with Crippen molar-refractivity contribution in [1.82, 2.24) is 0 Å². The molecule has 0 aliphatic heterocycles. The van der Waals surface area contributed by atoms with Gasteiger partial charge in [0, 0.05) is 17.8 Å². The molecule has 16 heavy (non-hydrogen) atoms. The van der Waals surface area contributed by atoms with Crippen molar-refractivity contribution < 1.29 is 0 Å². The molecule has 0 spiro atoms. The van der Waals surface area contributed by atoms with Crippen LogP contribution in [0.25, 0.3) is 0 Å². The molecule has 0 aromatic heterocycles. The molecule has 0 saturated heterocycles. The summed E-state index contributed by atoms with van der Waals surface area (Å²) in [6, 6.07) is 6.15. The number of hydrogen-bond donors (Lipinski definition) is 2. The number of nitrogens with one attached hydrogen (secondary N) is 1. The molecule has 1 aromatic carbocycles. The van der Waals surface area contributed by atoms with Crippen molar-refractivity contribution in [3.63, 3.8) is 0 Å². The molecule has 1 aliphatic carbocycles. The largest absolute Gasteiger partial charge is 0.389 e. The van der Waals surface area contributed by atoms with E-state index in [1.54, 1.807) is 0 Å². The smallest absolute Gasteiger partial charge is 0.106 e. The van der Waals surface area contributed by atoms with E-state index < -0.39 is 0 Å². The Morgan fingerprint density at radius 2 is 2.25 bits per heavy atom. The lowest BCUT2D eigenvalue weighted by Crippen LogP contribution is -2.14. The molecule has 1 aliphatic rings. The molecule has 2 rings (SSSR count). The lowest BCUT2D eigenvalue weighted by atomic mass is 10.1. The van der Waals surface area contributed by atoms with E-state index in [4.69, 9.17) is 18.0 Å². The highest BCUT2D eigenvalue weighted by Crippen LogP contribution is 2.32. The van der Waals surface area contributed by atoms with Gasteiger partial charge in [-0.15, -0.1) is 0 Å². The van der Waals surface area contributed by atoms with Crippen molar-refractivity contribution in [1.29, 1.82) is 0 Å². The Bertz CT molecular complexity index is 397. The second-order valence-corrected chi connectivity index (χ2v) is 5.01. The number of thiocarbonyl (C=S) groups is 1. The minimum Gasteiger partial charge on any atom is -0.389 e. The summed E-state index contributed by atoms with van der Waals surface area (Å²) >= 11 is 5.04. The Hall–Kier alpha value is -1.09. The van der Waals surface area contributed by atoms with Crippen molar-refractivity contribution >= 4 is 22.9 Å². The van der Waals surface area contributed by atoms with E-state index in [-0.39, 0.29) is 0 Å². The van der Waals surface area contributed by atoms with Crippen LogP contribution in [0.2, 0.25) is 0 Å². The molecule has 1 saturated carbocycles. The third-order valence-electron chi connectivity index (χ3n) is 3.01. The number of benzene rings is 1. The fourth-order valence-corrected chi connectivity index (χ4v) is 2.01. The lowest BCUT2D eigenvalue weighted by Gasteiger charge is -2.11. The quantitative estimate of drug-likeness (QED) is 0.769. The average molecular weight is 234 g/mol. The molecule has 0 radical (unpaired) electrons. The van der Waals surface area contributed by atoms with Crippen LogP contribution in [0.3, 0.4) is 0 Å². The van der Waals surface area contributed by atoms with Crippen LogP contribution in [0.1, 0.15) is 30.4 Å². The minimum atomic E-state index is 0.467. The Morgan fingerprint density at radius 3 is 2.88 bits per heavy atom. The van der Waals surface area contributed by atoms with Crippen LogP contribution >= 0.6 is 12.2 Å². The van der Waals surface area contributed by atoms with Crippen LogP contribution in [0.4, 0.5) is 5.69 Å². The number of rotatable bonds is 5. The van der Waals surface area contributed by atoms with Gasteiger partial charge in [0.15, 0.2) is 0 Å². The van der Waals surface area contributed by atoms with E-state index in [1.807, 2.05) is 12.1 Å². The fourth-order valence-electron chi connectivity index (χ4n) is 1.84. The Labute approximate surface area is 102 Å². The summed E-state index contributed by atoms with van der Waals surface area (Å²) in [5.41, 5.74) is 8.96. The predicted molar refractivity (Wildman–Crippen MR) is 72.9 cm³/mol. The van der Waals surface area contributed by atoms with Gasteiger partial charge in [0.2, 0.25) is 0 Å². The first-order valence-electron chi connectivity index (χ1n) is 5.81. The van der Waals surface area contributed by atoms with E-state index in [2.05, 4.69) is 18.3 Å². The molecule has 0 atom stereocenters. The number of aryl methyl sites for hydroxylation is 1. The SMILES string of the molecule is Cc1ccc(C(N)=S)c(NCCC2CC2)c1.